The Hall–Kier alpha value is -2.16. The zero-order valence-corrected chi connectivity index (χ0v) is 10.2. The van der Waals surface area contributed by atoms with Gasteiger partial charge in [0.2, 0.25) is 0 Å². The van der Waals surface area contributed by atoms with Gasteiger partial charge in [-0.25, -0.2) is 4.39 Å². The summed E-state index contributed by atoms with van der Waals surface area (Å²) in [5.41, 5.74) is 1.71. The molecule has 0 saturated carbocycles. The second-order valence-corrected chi connectivity index (χ2v) is 4.02. The van der Waals surface area contributed by atoms with Gasteiger partial charge in [0.05, 0.1) is 7.11 Å². The number of carbonyl (C=O) groups is 1. The molecule has 2 aromatic carbocycles. The van der Waals surface area contributed by atoms with Crippen molar-refractivity contribution in [3.05, 3.63) is 65.0 Å². The van der Waals surface area contributed by atoms with Crippen LogP contribution in [0.2, 0.25) is 0 Å². The number of carbonyl (C=O) groups excluding carboxylic acids is 1. The van der Waals surface area contributed by atoms with E-state index in [1.165, 1.54) is 18.2 Å². The lowest BCUT2D eigenvalue weighted by molar-refractivity contribution is 0.103. The first kappa shape index (κ1) is 12.3. The number of methoxy groups -OCH3 is 1. The van der Waals surface area contributed by atoms with Gasteiger partial charge in [-0.05, 0) is 55.0 Å². The molecule has 0 aliphatic rings. The van der Waals surface area contributed by atoms with Crippen LogP contribution in [0, 0.1) is 12.7 Å². The summed E-state index contributed by atoms with van der Waals surface area (Å²) in [5, 5.41) is 0. The molecule has 0 radical (unpaired) electrons. The maximum atomic E-state index is 13.0. The van der Waals surface area contributed by atoms with Gasteiger partial charge in [-0.1, -0.05) is 0 Å². The highest BCUT2D eigenvalue weighted by atomic mass is 19.1. The summed E-state index contributed by atoms with van der Waals surface area (Å²) in [6.07, 6.45) is 0. The molecule has 0 aromatic heterocycles. The Labute approximate surface area is 105 Å². The third-order valence-corrected chi connectivity index (χ3v) is 2.79. The summed E-state index contributed by atoms with van der Waals surface area (Å²) in [5.74, 6) is 0.247. The van der Waals surface area contributed by atoms with E-state index >= 15 is 0 Å². The Bertz CT molecular complexity index is 574. The van der Waals surface area contributed by atoms with Crippen molar-refractivity contribution in [3.63, 3.8) is 0 Å². The first-order valence-electron chi connectivity index (χ1n) is 5.56. The van der Waals surface area contributed by atoms with Crippen LogP contribution in [-0.2, 0) is 0 Å². The maximum Gasteiger partial charge on any atom is 0.193 e. The second-order valence-electron chi connectivity index (χ2n) is 4.02. The highest BCUT2D eigenvalue weighted by Crippen LogP contribution is 2.18. The molecule has 0 bridgehead atoms. The Balaban J connectivity index is 2.35. The molecule has 0 atom stereocenters. The van der Waals surface area contributed by atoms with Crippen LogP contribution in [0.1, 0.15) is 21.5 Å². The summed E-state index contributed by atoms with van der Waals surface area (Å²) in [6, 6.07) is 11.0. The molecule has 0 fully saturated rings. The van der Waals surface area contributed by atoms with E-state index in [4.69, 9.17) is 4.74 Å². The third-order valence-electron chi connectivity index (χ3n) is 2.79. The molecule has 3 heteroatoms. The first-order valence-corrected chi connectivity index (χ1v) is 5.56. The molecule has 18 heavy (non-hydrogen) atoms. The molecule has 0 amide bonds. The van der Waals surface area contributed by atoms with E-state index in [0.717, 1.165) is 0 Å². The maximum absolute atomic E-state index is 13.0. The predicted molar refractivity (Wildman–Crippen MR) is 67.6 cm³/mol. The van der Waals surface area contributed by atoms with Gasteiger partial charge in [0.25, 0.3) is 0 Å². The molecule has 0 aliphatic heterocycles. The Morgan fingerprint density at radius 3 is 2.33 bits per heavy atom. The van der Waals surface area contributed by atoms with Crippen LogP contribution in [0.25, 0.3) is 0 Å². The Kier molecular flexibility index (Phi) is 3.42. The highest BCUT2D eigenvalue weighted by molar-refractivity contribution is 6.09. The van der Waals surface area contributed by atoms with Gasteiger partial charge in [0, 0.05) is 11.1 Å². The molecule has 2 nitrogen and oxygen atoms in total. The quantitative estimate of drug-likeness (QED) is 0.774. The smallest absolute Gasteiger partial charge is 0.193 e. The van der Waals surface area contributed by atoms with Gasteiger partial charge >= 0.3 is 0 Å². The minimum Gasteiger partial charge on any atom is -0.497 e. The van der Waals surface area contributed by atoms with Crippen molar-refractivity contribution in [2.24, 2.45) is 0 Å². The number of halogens is 1. The topological polar surface area (TPSA) is 26.3 Å². The molecule has 0 N–H and O–H groups in total. The third kappa shape index (κ3) is 2.40. The number of hydrogen-bond donors (Lipinski definition) is 0. The van der Waals surface area contributed by atoms with Gasteiger partial charge in [0.15, 0.2) is 5.78 Å². The fourth-order valence-electron chi connectivity index (χ4n) is 1.78. The summed E-state index contributed by atoms with van der Waals surface area (Å²) >= 11 is 0. The number of aryl methyl sites for hydroxylation is 1. The molecule has 0 saturated heterocycles. The van der Waals surface area contributed by atoms with E-state index in [9.17, 15) is 9.18 Å². The number of ether oxygens (including phenoxy) is 1. The van der Waals surface area contributed by atoms with E-state index in [2.05, 4.69) is 0 Å². The van der Waals surface area contributed by atoms with Gasteiger partial charge < -0.3 is 4.74 Å². The number of hydrogen-bond acceptors (Lipinski definition) is 2. The van der Waals surface area contributed by atoms with Crippen LogP contribution in [0.5, 0.6) is 5.75 Å². The molecule has 0 spiro atoms. The predicted octanol–water partition coefficient (Wildman–Crippen LogP) is 3.37. The number of rotatable bonds is 3. The van der Waals surface area contributed by atoms with Crippen LogP contribution in [-0.4, -0.2) is 12.9 Å². The van der Waals surface area contributed by atoms with Crippen molar-refractivity contribution < 1.29 is 13.9 Å². The van der Waals surface area contributed by atoms with Crippen molar-refractivity contribution >= 4 is 5.78 Å². The summed E-state index contributed by atoms with van der Waals surface area (Å²) in [6.45, 7) is 1.72. The monoisotopic (exact) mass is 244 g/mol. The van der Waals surface area contributed by atoms with Crippen molar-refractivity contribution in [3.8, 4) is 5.75 Å². The number of ketones is 1. The highest BCUT2D eigenvalue weighted by Gasteiger charge is 2.12. The van der Waals surface area contributed by atoms with Crippen LogP contribution in [0.3, 0.4) is 0 Å². The van der Waals surface area contributed by atoms with E-state index < -0.39 is 0 Å². The average molecular weight is 244 g/mol. The number of benzene rings is 2. The second kappa shape index (κ2) is 5.00. The molecular weight excluding hydrogens is 231 g/mol. The molecule has 2 aromatic rings. The largest absolute Gasteiger partial charge is 0.497 e. The minimum atomic E-state index is -0.334. The Morgan fingerprint density at radius 2 is 1.78 bits per heavy atom. The molecule has 2 rings (SSSR count). The van der Waals surface area contributed by atoms with E-state index in [1.807, 2.05) is 0 Å². The summed E-state index contributed by atoms with van der Waals surface area (Å²) < 4.78 is 18.0. The van der Waals surface area contributed by atoms with Crippen LogP contribution < -0.4 is 4.74 Å². The normalized spacial score (nSPS) is 10.2. The van der Waals surface area contributed by atoms with Gasteiger partial charge in [0.1, 0.15) is 11.6 Å². The average Bonchev–Trinajstić information content (AvgIpc) is 2.38. The lowest BCUT2D eigenvalue weighted by Gasteiger charge is -2.06. The fraction of sp³-hybridized carbons (Fsp3) is 0.133. The van der Waals surface area contributed by atoms with Crippen LogP contribution in [0.4, 0.5) is 4.39 Å². The minimum absolute atomic E-state index is 0.116. The fourth-order valence-corrected chi connectivity index (χ4v) is 1.78. The zero-order chi connectivity index (χ0) is 13.1. The molecule has 0 aliphatic carbocycles. The van der Waals surface area contributed by atoms with Crippen molar-refractivity contribution in [1.82, 2.24) is 0 Å². The van der Waals surface area contributed by atoms with Crippen molar-refractivity contribution in [2.75, 3.05) is 7.11 Å². The van der Waals surface area contributed by atoms with Crippen LogP contribution in [0.15, 0.2) is 42.5 Å². The van der Waals surface area contributed by atoms with Gasteiger partial charge in [-0.2, -0.15) is 0 Å². The molecule has 92 valence electrons. The molecular formula is C15H13FO2. The van der Waals surface area contributed by atoms with Crippen molar-refractivity contribution in [1.29, 1.82) is 0 Å². The van der Waals surface area contributed by atoms with E-state index in [0.29, 0.717) is 22.4 Å². The van der Waals surface area contributed by atoms with E-state index in [1.54, 1.807) is 38.3 Å². The van der Waals surface area contributed by atoms with Crippen LogP contribution >= 0.6 is 0 Å². The first-order chi connectivity index (χ1) is 8.61. The molecule has 0 heterocycles. The molecule has 0 unspecified atom stereocenters. The zero-order valence-electron chi connectivity index (χ0n) is 10.2. The van der Waals surface area contributed by atoms with Crippen molar-refractivity contribution in [2.45, 2.75) is 6.92 Å². The lowest BCUT2D eigenvalue weighted by Crippen LogP contribution is -2.04. The lowest BCUT2D eigenvalue weighted by atomic mass is 9.99. The van der Waals surface area contributed by atoms with Gasteiger partial charge in [-0.3, -0.25) is 4.79 Å². The Morgan fingerprint density at radius 1 is 1.11 bits per heavy atom. The van der Waals surface area contributed by atoms with Gasteiger partial charge in [-0.15, -0.1) is 0 Å². The summed E-state index contributed by atoms with van der Waals surface area (Å²) in [7, 11) is 1.57. The summed E-state index contributed by atoms with van der Waals surface area (Å²) in [4.78, 5) is 12.2. The standard InChI is InChI=1S/C15H13FO2/c1-10-9-12(16)5-8-14(10)15(17)11-3-6-13(18-2)7-4-11/h3-9H,1-2H3. The SMILES string of the molecule is COc1ccc(C(=O)c2ccc(F)cc2C)cc1. The van der Waals surface area contributed by atoms with E-state index in [-0.39, 0.29) is 11.6 Å².